The number of aromatic nitrogens is 1. The van der Waals surface area contributed by atoms with Crippen LogP contribution in [0.15, 0.2) is 28.4 Å². The van der Waals surface area contributed by atoms with Gasteiger partial charge in [0.1, 0.15) is 5.60 Å². The van der Waals surface area contributed by atoms with Crippen LogP contribution in [0.5, 0.6) is 0 Å². The summed E-state index contributed by atoms with van der Waals surface area (Å²) in [6.45, 7) is 4.63. The highest BCUT2D eigenvalue weighted by molar-refractivity contribution is 5.61. The fraction of sp³-hybridized carbons (Fsp3) is 0.591. The topological polar surface area (TPSA) is 46.3 Å². The highest BCUT2D eigenvalue weighted by atomic mass is 16.5. The number of rotatable bonds is 0. The molecule has 4 aliphatic carbocycles. The van der Waals surface area contributed by atoms with E-state index >= 15 is 0 Å². The number of hydrogen-bond acceptors (Lipinski definition) is 3. The normalized spacial score (nSPS) is 47.1. The maximum absolute atomic E-state index is 11.1. The molecular weight excluding hydrogens is 310 g/mol. The van der Waals surface area contributed by atoms with Crippen LogP contribution in [0, 0.1) is 40.9 Å². The molecule has 3 heteroatoms. The minimum absolute atomic E-state index is 0.121. The number of aliphatic hydroxyl groups is 1. The van der Waals surface area contributed by atoms with Gasteiger partial charge in [-0.2, -0.15) is 0 Å². The third kappa shape index (κ3) is 1.74. The van der Waals surface area contributed by atoms with Crippen LogP contribution >= 0.6 is 0 Å². The van der Waals surface area contributed by atoms with Gasteiger partial charge in [-0.15, -0.1) is 6.42 Å². The lowest BCUT2D eigenvalue weighted by atomic mass is 9.48. The molecule has 1 aromatic heterocycles. The zero-order valence-electron chi connectivity index (χ0n) is 15.0. The van der Waals surface area contributed by atoms with Crippen molar-refractivity contribution in [2.24, 2.45) is 28.6 Å². The molecule has 0 amide bonds. The van der Waals surface area contributed by atoms with Crippen LogP contribution in [0.25, 0.3) is 6.08 Å². The molecule has 1 aromatic rings. The van der Waals surface area contributed by atoms with Gasteiger partial charge in [-0.3, -0.25) is 0 Å². The first-order chi connectivity index (χ1) is 11.9. The minimum Gasteiger partial charge on any atom is -0.377 e. The lowest BCUT2D eigenvalue weighted by Crippen LogP contribution is -2.53. The van der Waals surface area contributed by atoms with E-state index in [0.29, 0.717) is 17.8 Å². The fourth-order valence-corrected chi connectivity index (χ4v) is 6.58. The molecule has 3 unspecified atom stereocenters. The number of nitrogens with zero attached hydrogens (tertiary/aromatic N) is 1. The van der Waals surface area contributed by atoms with Crippen molar-refractivity contribution in [3.63, 3.8) is 0 Å². The first kappa shape index (κ1) is 15.5. The summed E-state index contributed by atoms with van der Waals surface area (Å²) in [5.74, 6) is 5.21. The van der Waals surface area contributed by atoms with E-state index in [1.54, 1.807) is 0 Å². The van der Waals surface area contributed by atoms with Gasteiger partial charge in [0, 0.05) is 16.4 Å². The van der Waals surface area contributed by atoms with Crippen molar-refractivity contribution in [3.8, 4) is 12.3 Å². The average Bonchev–Trinajstić information content (AvgIpc) is 3.14. The molecule has 1 N–H and O–H groups in total. The molecule has 0 bridgehead atoms. The SMILES string of the molecule is C#C[C@]1(O)CCC2C3C=CC4=Cc5oncc5C[C@]4(C)C3CC[C@@]21C. The Kier molecular flexibility index (Phi) is 2.89. The Morgan fingerprint density at radius 1 is 1.28 bits per heavy atom. The molecule has 0 saturated heterocycles. The molecule has 25 heavy (non-hydrogen) atoms. The number of hydrogen-bond donors (Lipinski definition) is 1. The third-order valence-corrected chi connectivity index (χ3v) is 8.22. The summed E-state index contributed by atoms with van der Waals surface area (Å²) in [6.07, 6.45) is 19.4. The van der Waals surface area contributed by atoms with E-state index in [-0.39, 0.29) is 10.8 Å². The maximum atomic E-state index is 11.1. The van der Waals surface area contributed by atoms with E-state index in [2.05, 4.69) is 43.2 Å². The van der Waals surface area contributed by atoms with Gasteiger partial charge in [0.25, 0.3) is 0 Å². The molecule has 3 nitrogen and oxygen atoms in total. The summed E-state index contributed by atoms with van der Waals surface area (Å²) < 4.78 is 5.40. The van der Waals surface area contributed by atoms with Crippen LogP contribution in [0.4, 0.5) is 0 Å². The molecule has 1 heterocycles. The Bertz CT molecular complexity index is 842. The zero-order chi connectivity index (χ0) is 17.4. The van der Waals surface area contributed by atoms with Gasteiger partial charge in [-0.05, 0) is 61.5 Å². The van der Waals surface area contributed by atoms with Crippen LogP contribution in [0.2, 0.25) is 0 Å². The van der Waals surface area contributed by atoms with E-state index in [4.69, 9.17) is 10.9 Å². The van der Waals surface area contributed by atoms with Gasteiger partial charge in [0.2, 0.25) is 0 Å². The van der Waals surface area contributed by atoms with Crippen LogP contribution in [0.1, 0.15) is 50.9 Å². The smallest absolute Gasteiger partial charge is 0.163 e. The molecule has 0 aromatic carbocycles. The maximum Gasteiger partial charge on any atom is 0.163 e. The number of fused-ring (bicyclic) bond motifs is 6. The van der Waals surface area contributed by atoms with Crippen molar-refractivity contribution in [2.45, 2.75) is 51.6 Å². The second kappa shape index (κ2) is 4.68. The van der Waals surface area contributed by atoms with Crippen LogP contribution in [-0.4, -0.2) is 15.9 Å². The van der Waals surface area contributed by atoms with Gasteiger partial charge in [-0.1, -0.05) is 37.1 Å². The predicted octanol–water partition coefficient (Wildman–Crippen LogP) is 4.00. The minimum atomic E-state index is -0.943. The first-order valence-corrected chi connectivity index (χ1v) is 9.45. The number of allylic oxidation sites excluding steroid dienone is 3. The monoisotopic (exact) mass is 335 g/mol. The quantitative estimate of drug-likeness (QED) is 0.729. The van der Waals surface area contributed by atoms with E-state index in [9.17, 15) is 5.11 Å². The molecule has 4 aliphatic rings. The van der Waals surface area contributed by atoms with Crippen LogP contribution in [-0.2, 0) is 6.42 Å². The van der Waals surface area contributed by atoms with E-state index in [1.807, 2.05) is 6.20 Å². The zero-order valence-corrected chi connectivity index (χ0v) is 15.0. The second-order valence-corrected chi connectivity index (χ2v) is 9.06. The van der Waals surface area contributed by atoms with Gasteiger partial charge < -0.3 is 9.63 Å². The first-order valence-electron chi connectivity index (χ1n) is 9.45. The predicted molar refractivity (Wildman–Crippen MR) is 96.3 cm³/mol. The standard InChI is InChI=1S/C22H25NO2/c1-4-22(24)10-8-18-16-6-5-15-11-19-14(13-23-25-19)12-20(15,2)17(16)7-9-21(18,22)3/h1,5-6,11,13,16-18,24H,7-10,12H2,2-3H3/t16?,17?,18?,20-,21-,22-/m0/s1. The van der Waals surface area contributed by atoms with Crippen molar-refractivity contribution in [1.29, 1.82) is 0 Å². The largest absolute Gasteiger partial charge is 0.377 e. The van der Waals surface area contributed by atoms with Crippen molar-refractivity contribution in [2.75, 3.05) is 0 Å². The van der Waals surface area contributed by atoms with E-state index < -0.39 is 5.60 Å². The fourth-order valence-electron chi connectivity index (χ4n) is 6.58. The van der Waals surface area contributed by atoms with Gasteiger partial charge in [0.05, 0.1) is 6.20 Å². The van der Waals surface area contributed by atoms with Gasteiger partial charge >= 0.3 is 0 Å². The van der Waals surface area contributed by atoms with Gasteiger partial charge in [-0.25, -0.2) is 0 Å². The van der Waals surface area contributed by atoms with Crippen molar-refractivity contribution < 1.29 is 9.63 Å². The lowest BCUT2D eigenvalue weighted by molar-refractivity contribution is -0.0790. The molecular formula is C22H25NO2. The molecule has 0 radical (unpaired) electrons. The summed E-state index contributed by atoms with van der Waals surface area (Å²) in [5, 5.41) is 15.0. The average molecular weight is 335 g/mol. The number of terminal acetylenes is 1. The van der Waals surface area contributed by atoms with E-state index in [1.165, 1.54) is 11.1 Å². The van der Waals surface area contributed by atoms with Gasteiger partial charge in [0.15, 0.2) is 5.76 Å². The van der Waals surface area contributed by atoms with E-state index in [0.717, 1.165) is 37.9 Å². The molecule has 2 fully saturated rings. The lowest BCUT2D eigenvalue weighted by Gasteiger charge is -2.56. The van der Waals surface area contributed by atoms with Crippen molar-refractivity contribution in [1.82, 2.24) is 5.16 Å². The Hall–Kier alpha value is -1.79. The van der Waals surface area contributed by atoms with Crippen molar-refractivity contribution in [3.05, 3.63) is 35.2 Å². The van der Waals surface area contributed by atoms with Crippen LogP contribution in [0.3, 0.4) is 0 Å². The Morgan fingerprint density at radius 2 is 2.08 bits per heavy atom. The Balaban J connectivity index is 1.58. The van der Waals surface area contributed by atoms with Crippen LogP contribution < -0.4 is 0 Å². The summed E-state index contributed by atoms with van der Waals surface area (Å²) in [4.78, 5) is 0. The summed E-state index contributed by atoms with van der Waals surface area (Å²) in [5.41, 5.74) is 1.60. The molecule has 0 aliphatic heterocycles. The molecule has 2 saturated carbocycles. The summed E-state index contributed by atoms with van der Waals surface area (Å²) >= 11 is 0. The van der Waals surface area contributed by atoms with Crippen molar-refractivity contribution >= 4 is 6.08 Å². The molecule has 0 spiro atoms. The highest BCUT2D eigenvalue weighted by Crippen LogP contribution is 2.65. The summed E-state index contributed by atoms with van der Waals surface area (Å²) in [7, 11) is 0. The second-order valence-electron chi connectivity index (χ2n) is 9.06. The molecule has 5 rings (SSSR count). The Morgan fingerprint density at radius 3 is 2.88 bits per heavy atom. The summed E-state index contributed by atoms with van der Waals surface area (Å²) in [6, 6.07) is 0. The Labute approximate surface area is 149 Å². The third-order valence-electron chi connectivity index (χ3n) is 8.22. The highest BCUT2D eigenvalue weighted by Gasteiger charge is 2.63. The molecule has 6 atom stereocenters. The molecule has 130 valence electrons.